The number of nitrogens with zero attached hydrogens (tertiary/aromatic N) is 1. The summed E-state index contributed by atoms with van der Waals surface area (Å²) >= 11 is 1.20. The summed E-state index contributed by atoms with van der Waals surface area (Å²) in [7, 11) is -3.64. The van der Waals surface area contributed by atoms with Crippen molar-refractivity contribution in [3.63, 3.8) is 0 Å². The molecule has 0 amide bonds. The zero-order valence-electron chi connectivity index (χ0n) is 16.7. The summed E-state index contributed by atoms with van der Waals surface area (Å²) in [6, 6.07) is 11.6. The van der Waals surface area contributed by atoms with E-state index in [1.807, 2.05) is 0 Å². The molecular weight excluding hydrogens is 471 g/mol. The lowest BCUT2D eigenvalue weighted by atomic mass is 10.3. The van der Waals surface area contributed by atoms with E-state index in [2.05, 4.69) is 4.74 Å². The molecule has 0 N–H and O–H groups in total. The van der Waals surface area contributed by atoms with Gasteiger partial charge in [0.25, 0.3) is 0 Å². The van der Waals surface area contributed by atoms with Crippen LogP contribution in [0.3, 0.4) is 0 Å². The number of sulfonamides is 1. The van der Waals surface area contributed by atoms with Crippen molar-refractivity contribution in [2.75, 3.05) is 37.8 Å². The van der Waals surface area contributed by atoms with E-state index in [1.165, 1.54) is 28.2 Å². The molecular formula is C20H20F3NO6S2. The quantitative estimate of drug-likeness (QED) is 0.495. The van der Waals surface area contributed by atoms with Crippen LogP contribution in [-0.4, -0.2) is 62.7 Å². The van der Waals surface area contributed by atoms with Gasteiger partial charge >= 0.3 is 6.36 Å². The van der Waals surface area contributed by atoms with Gasteiger partial charge in [0.2, 0.25) is 10.0 Å². The van der Waals surface area contributed by atoms with Gasteiger partial charge in [0, 0.05) is 18.0 Å². The number of benzene rings is 2. The first-order valence-electron chi connectivity index (χ1n) is 9.44. The smallest absolute Gasteiger partial charge is 0.457 e. The molecule has 7 nitrogen and oxygen atoms in total. The van der Waals surface area contributed by atoms with Gasteiger partial charge < -0.3 is 14.2 Å². The lowest BCUT2D eigenvalue weighted by Gasteiger charge is -2.25. The van der Waals surface area contributed by atoms with Gasteiger partial charge in [-0.2, -0.15) is 4.31 Å². The SMILES string of the molecule is O=C(CSc1ccc(Oc2ccc(OC(F)(F)F)cc2)cc1)CS(=O)(=O)N1CCOCC1. The molecule has 1 aliphatic rings. The van der Waals surface area contributed by atoms with Crippen LogP contribution < -0.4 is 9.47 Å². The molecule has 0 radical (unpaired) electrons. The van der Waals surface area contributed by atoms with E-state index in [1.54, 1.807) is 24.3 Å². The molecule has 0 aliphatic carbocycles. The maximum atomic E-state index is 12.3. The van der Waals surface area contributed by atoms with Gasteiger partial charge in [-0.25, -0.2) is 8.42 Å². The van der Waals surface area contributed by atoms with Crippen LogP contribution in [-0.2, 0) is 19.6 Å². The fourth-order valence-electron chi connectivity index (χ4n) is 2.77. The van der Waals surface area contributed by atoms with Crippen LogP contribution in [0.1, 0.15) is 0 Å². The van der Waals surface area contributed by atoms with Gasteiger partial charge in [-0.1, -0.05) is 0 Å². The van der Waals surface area contributed by atoms with Crippen LogP contribution in [0.4, 0.5) is 13.2 Å². The van der Waals surface area contributed by atoms with E-state index < -0.39 is 27.9 Å². The Morgan fingerprint density at radius 1 is 0.969 bits per heavy atom. The summed E-state index contributed by atoms with van der Waals surface area (Å²) in [6.07, 6.45) is -4.76. The summed E-state index contributed by atoms with van der Waals surface area (Å²) in [5.41, 5.74) is 0. The lowest BCUT2D eigenvalue weighted by Crippen LogP contribution is -2.43. The average molecular weight is 492 g/mol. The number of carbonyl (C=O) groups excluding carboxylic acids is 1. The first-order valence-corrected chi connectivity index (χ1v) is 12.0. The molecule has 3 rings (SSSR count). The summed E-state index contributed by atoms with van der Waals surface area (Å²) in [4.78, 5) is 12.9. The Bertz CT molecular complexity index is 1010. The summed E-state index contributed by atoms with van der Waals surface area (Å²) in [5.74, 6) is -0.525. The summed E-state index contributed by atoms with van der Waals surface area (Å²) < 4.78 is 76.9. The molecule has 12 heteroatoms. The number of alkyl halides is 3. The number of ketones is 1. The Kier molecular flexibility index (Phi) is 8.04. The number of rotatable bonds is 9. The maximum Gasteiger partial charge on any atom is 0.573 e. The van der Waals surface area contributed by atoms with Crippen LogP contribution in [0, 0.1) is 0 Å². The number of carbonyl (C=O) groups is 1. The minimum atomic E-state index is -4.76. The van der Waals surface area contributed by atoms with Gasteiger partial charge in [0.05, 0.1) is 19.0 Å². The van der Waals surface area contributed by atoms with Crippen molar-refractivity contribution in [2.45, 2.75) is 11.3 Å². The predicted molar refractivity (Wildman–Crippen MR) is 112 cm³/mol. The molecule has 0 atom stereocenters. The molecule has 1 heterocycles. The second kappa shape index (κ2) is 10.6. The molecule has 0 aromatic heterocycles. The van der Waals surface area contributed by atoms with Gasteiger partial charge in [-0.3, -0.25) is 4.79 Å². The molecule has 32 heavy (non-hydrogen) atoms. The third kappa shape index (κ3) is 7.69. The van der Waals surface area contributed by atoms with Gasteiger partial charge in [0.15, 0.2) is 5.78 Å². The average Bonchev–Trinajstić information content (AvgIpc) is 2.74. The molecule has 1 aliphatic heterocycles. The van der Waals surface area contributed by atoms with E-state index in [9.17, 15) is 26.4 Å². The van der Waals surface area contributed by atoms with Crippen LogP contribution >= 0.6 is 11.8 Å². The molecule has 2 aromatic carbocycles. The summed E-state index contributed by atoms with van der Waals surface area (Å²) in [5, 5.41) is 0. The number of thioether (sulfide) groups is 1. The monoisotopic (exact) mass is 491 g/mol. The number of hydrogen-bond donors (Lipinski definition) is 0. The van der Waals surface area contributed by atoms with Crippen molar-refractivity contribution in [3.05, 3.63) is 48.5 Å². The molecule has 1 fully saturated rings. The Hall–Kier alpha value is -2.28. The van der Waals surface area contributed by atoms with Gasteiger partial charge in [-0.15, -0.1) is 24.9 Å². The third-order valence-electron chi connectivity index (χ3n) is 4.22. The van der Waals surface area contributed by atoms with Crippen molar-refractivity contribution in [2.24, 2.45) is 0 Å². The number of hydrogen-bond acceptors (Lipinski definition) is 7. The van der Waals surface area contributed by atoms with Crippen molar-refractivity contribution in [1.29, 1.82) is 0 Å². The number of morpholine rings is 1. The fraction of sp³-hybridized carbons (Fsp3) is 0.350. The van der Waals surface area contributed by atoms with E-state index in [-0.39, 0.29) is 24.6 Å². The second-order valence-electron chi connectivity index (χ2n) is 6.69. The Labute approximate surface area is 187 Å². The number of ether oxygens (including phenoxy) is 3. The normalized spacial score (nSPS) is 15.3. The van der Waals surface area contributed by atoms with E-state index in [0.717, 1.165) is 17.0 Å². The van der Waals surface area contributed by atoms with Crippen LogP contribution in [0.25, 0.3) is 0 Å². The van der Waals surface area contributed by atoms with Crippen molar-refractivity contribution < 1.29 is 40.6 Å². The third-order valence-corrected chi connectivity index (χ3v) is 7.13. The highest BCUT2D eigenvalue weighted by Crippen LogP contribution is 2.28. The standard InChI is InChI=1S/C20H20F3NO6S2/c21-20(22,23)30-18-3-1-16(2-4-18)29-17-5-7-19(8-6-17)31-13-15(25)14-32(26,27)24-9-11-28-12-10-24/h1-8H,9-14H2. The Morgan fingerprint density at radius 3 is 2.06 bits per heavy atom. The molecule has 0 saturated carbocycles. The molecule has 1 saturated heterocycles. The van der Waals surface area contributed by atoms with E-state index in [0.29, 0.717) is 24.7 Å². The zero-order chi connectivity index (χ0) is 23.2. The minimum absolute atomic E-state index is 0.00441. The van der Waals surface area contributed by atoms with Gasteiger partial charge in [-0.05, 0) is 48.5 Å². The molecule has 0 bridgehead atoms. The topological polar surface area (TPSA) is 82.1 Å². The molecule has 0 spiro atoms. The number of Topliss-reactive ketones (excluding diaryl/α,β-unsaturated/α-hetero) is 1. The lowest BCUT2D eigenvalue weighted by molar-refractivity contribution is -0.274. The van der Waals surface area contributed by atoms with Crippen molar-refractivity contribution in [3.8, 4) is 17.2 Å². The fourth-order valence-corrected chi connectivity index (χ4v) is 5.06. The van der Waals surface area contributed by atoms with Crippen molar-refractivity contribution in [1.82, 2.24) is 4.31 Å². The van der Waals surface area contributed by atoms with E-state index in [4.69, 9.17) is 9.47 Å². The molecule has 174 valence electrons. The predicted octanol–water partition coefficient (Wildman–Crippen LogP) is 3.70. The highest BCUT2D eigenvalue weighted by Gasteiger charge is 2.31. The Balaban J connectivity index is 1.47. The van der Waals surface area contributed by atoms with Gasteiger partial charge in [0.1, 0.15) is 23.0 Å². The second-order valence-corrected chi connectivity index (χ2v) is 9.71. The van der Waals surface area contributed by atoms with Crippen LogP contribution in [0.15, 0.2) is 53.4 Å². The largest absolute Gasteiger partial charge is 0.573 e. The molecule has 2 aromatic rings. The number of halogens is 3. The van der Waals surface area contributed by atoms with Crippen molar-refractivity contribution >= 4 is 27.6 Å². The maximum absolute atomic E-state index is 12.3. The van der Waals surface area contributed by atoms with Crippen LogP contribution in [0.2, 0.25) is 0 Å². The first-order chi connectivity index (χ1) is 15.1. The Morgan fingerprint density at radius 2 is 1.50 bits per heavy atom. The highest BCUT2D eigenvalue weighted by atomic mass is 32.2. The molecule has 0 unspecified atom stereocenters. The highest BCUT2D eigenvalue weighted by molar-refractivity contribution is 8.00. The minimum Gasteiger partial charge on any atom is -0.457 e. The summed E-state index contributed by atoms with van der Waals surface area (Å²) in [6.45, 7) is 1.15. The van der Waals surface area contributed by atoms with E-state index >= 15 is 0 Å². The zero-order valence-corrected chi connectivity index (χ0v) is 18.3. The van der Waals surface area contributed by atoms with Crippen LogP contribution in [0.5, 0.6) is 17.2 Å². The first kappa shape index (κ1) is 24.4.